The van der Waals surface area contributed by atoms with Gasteiger partial charge in [0.05, 0.1) is 0 Å². The van der Waals surface area contributed by atoms with Gasteiger partial charge in [-0.3, -0.25) is 0 Å². The van der Waals surface area contributed by atoms with Crippen molar-refractivity contribution >= 4 is 5.69 Å². The number of rotatable bonds is 0. The molecule has 1 unspecified atom stereocenters. The second kappa shape index (κ2) is 3.53. The topological polar surface area (TPSA) is 34.9 Å². The third-order valence-electron chi connectivity index (χ3n) is 3.00. The van der Waals surface area contributed by atoms with Gasteiger partial charge in [0.2, 0.25) is 6.23 Å². The Hall–Kier alpha value is -1.02. The van der Waals surface area contributed by atoms with E-state index in [1.807, 2.05) is 0 Å². The molecule has 0 aromatic heterocycles. The highest BCUT2D eigenvalue weighted by atomic mass is 16.3. The van der Waals surface area contributed by atoms with Crippen LogP contribution in [0.2, 0.25) is 0 Å². The second-order valence-corrected chi connectivity index (χ2v) is 5.32. The molecule has 1 aliphatic rings. The first-order chi connectivity index (χ1) is 6.98. The SMILES string of the molecule is CC(C)(C)c1cccc2c1CCC([OH2+])N2. The van der Waals surface area contributed by atoms with Crippen molar-refractivity contribution in [2.75, 3.05) is 5.32 Å². The van der Waals surface area contributed by atoms with Gasteiger partial charge in [0.25, 0.3) is 0 Å². The van der Waals surface area contributed by atoms with Crippen LogP contribution in [0, 0.1) is 0 Å². The molecule has 1 heterocycles. The van der Waals surface area contributed by atoms with Gasteiger partial charge in [-0.25, -0.2) is 0 Å². The summed E-state index contributed by atoms with van der Waals surface area (Å²) in [7, 11) is 0. The van der Waals surface area contributed by atoms with Crippen molar-refractivity contribution in [3.8, 4) is 0 Å². The van der Waals surface area contributed by atoms with E-state index >= 15 is 0 Å². The van der Waals surface area contributed by atoms with Crippen LogP contribution in [0.15, 0.2) is 18.2 Å². The Morgan fingerprint density at radius 2 is 2.07 bits per heavy atom. The Labute approximate surface area is 91.3 Å². The van der Waals surface area contributed by atoms with Crippen molar-refractivity contribution in [3.05, 3.63) is 29.3 Å². The molecule has 0 saturated carbocycles. The van der Waals surface area contributed by atoms with Crippen molar-refractivity contribution < 1.29 is 5.11 Å². The maximum Gasteiger partial charge on any atom is 0.231 e. The van der Waals surface area contributed by atoms with Gasteiger partial charge in [0.1, 0.15) is 0 Å². The van der Waals surface area contributed by atoms with Gasteiger partial charge >= 0.3 is 0 Å². The molecule has 15 heavy (non-hydrogen) atoms. The number of hydrogen-bond acceptors (Lipinski definition) is 1. The van der Waals surface area contributed by atoms with Gasteiger partial charge < -0.3 is 10.4 Å². The minimum absolute atomic E-state index is 0.132. The van der Waals surface area contributed by atoms with Crippen LogP contribution in [0.3, 0.4) is 0 Å². The summed E-state index contributed by atoms with van der Waals surface area (Å²) < 4.78 is 0. The van der Waals surface area contributed by atoms with Crippen LogP contribution >= 0.6 is 0 Å². The fourth-order valence-corrected chi connectivity index (χ4v) is 2.24. The molecule has 0 fully saturated rings. The van der Waals surface area contributed by atoms with Gasteiger partial charge in [0.15, 0.2) is 0 Å². The van der Waals surface area contributed by atoms with Crippen LogP contribution in [0.5, 0.6) is 0 Å². The predicted molar refractivity (Wildman–Crippen MR) is 64.5 cm³/mol. The third kappa shape index (κ3) is 2.00. The molecule has 1 aromatic carbocycles. The van der Waals surface area contributed by atoms with Gasteiger partial charge in [-0.15, -0.1) is 0 Å². The van der Waals surface area contributed by atoms with E-state index in [1.54, 1.807) is 0 Å². The molecule has 0 bridgehead atoms. The molecule has 0 aliphatic carbocycles. The molecule has 2 rings (SSSR count). The number of benzene rings is 1. The van der Waals surface area contributed by atoms with E-state index in [2.05, 4.69) is 44.3 Å². The summed E-state index contributed by atoms with van der Waals surface area (Å²) in [4.78, 5) is 0. The molecular weight excluding hydrogens is 186 g/mol. The van der Waals surface area contributed by atoms with Crippen molar-refractivity contribution in [1.29, 1.82) is 0 Å². The first kappa shape index (κ1) is 10.5. The molecule has 3 N–H and O–H groups in total. The normalized spacial score (nSPS) is 20.7. The van der Waals surface area contributed by atoms with Crippen LogP contribution in [-0.2, 0) is 11.8 Å². The highest BCUT2D eigenvalue weighted by Crippen LogP contribution is 2.34. The Morgan fingerprint density at radius 1 is 1.33 bits per heavy atom. The number of hydrogen-bond donors (Lipinski definition) is 1. The zero-order chi connectivity index (χ0) is 11.1. The van der Waals surface area contributed by atoms with Crippen molar-refractivity contribution in [2.45, 2.75) is 45.3 Å². The summed E-state index contributed by atoms with van der Waals surface area (Å²) >= 11 is 0. The van der Waals surface area contributed by atoms with E-state index in [4.69, 9.17) is 5.11 Å². The maximum absolute atomic E-state index is 7.72. The third-order valence-corrected chi connectivity index (χ3v) is 3.00. The first-order valence-electron chi connectivity index (χ1n) is 5.58. The average molecular weight is 206 g/mol. The number of nitrogens with one attached hydrogen (secondary N) is 1. The molecule has 2 heteroatoms. The Morgan fingerprint density at radius 3 is 2.73 bits per heavy atom. The largest absolute Gasteiger partial charge is 0.427 e. The Bertz CT molecular complexity index is 365. The second-order valence-electron chi connectivity index (χ2n) is 5.32. The summed E-state index contributed by atoms with van der Waals surface area (Å²) in [5.41, 5.74) is 4.18. The highest BCUT2D eigenvalue weighted by Gasteiger charge is 2.25. The Balaban J connectivity index is 2.47. The van der Waals surface area contributed by atoms with Crippen LogP contribution < -0.4 is 5.32 Å². The smallest absolute Gasteiger partial charge is 0.231 e. The van der Waals surface area contributed by atoms with Gasteiger partial charge in [0, 0.05) is 12.1 Å². The zero-order valence-electron chi connectivity index (χ0n) is 9.72. The summed E-state index contributed by atoms with van der Waals surface area (Å²) in [6, 6.07) is 6.39. The lowest BCUT2D eigenvalue weighted by atomic mass is 9.81. The zero-order valence-corrected chi connectivity index (χ0v) is 9.72. The van der Waals surface area contributed by atoms with Crippen LogP contribution in [-0.4, -0.2) is 11.3 Å². The minimum Gasteiger partial charge on any atom is -0.427 e. The molecule has 2 nitrogen and oxygen atoms in total. The fourth-order valence-electron chi connectivity index (χ4n) is 2.24. The summed E-state index contributed by atoms with van der Waals surface area (Å²) in [6.45, 7) is 6.74. The van der Waals surface area contributed by atoms with Crippen LogP contribution in [0.4, 0.5) is 5.69 Å². The molecule has 0 radical (unpaired) electrons. The predicted octanol–water partition coefficient (Wildman–Crippen LogP) is 2.39. The van der Waals surface area contributed by atoms with E-state index in [0.29, 0.717) is 0 Å². The standard InChI is InChI=1S/C13H19NO/c1-13(2,3)10-5-4-6-11-9(10)7-8-12(15)14-11/h4-6,12,14-15H,7-8H2,1-3H3/p+1. The Kier molecular flexibility index (Phi) is 2.47. The highest BCUT2D eigenvalue weighted by molar-refractivity contribution is 5.58. The van der Waals surface area contributed by atoms with E-state index in [9.17, 15) is 0 Å². The van der Waals surface area contributed by atoms with E-state index in [1.165, 1.54) is 11.1 Å². The van der Waals surface area contributed by atoms with E-state index in [-0.39, 0.29) is 11.6 Å². The average Bonchev–Trinajstić information content (AvgIpc) is 2.15. The molecule has 1 aliphatic heterocycles. The molecule has 0 saturated heterocycles. The number of fused-ring (bicyclic) bond motifs is 1. The molecule has 1 aromatic rings. The van der Waals surface area contributed by atoms with Gasteiger partial charge in [-0.2, -0.15) is 0 Å². The molecule has 1 atom stereocenters. The summed E-state index contributed by atoms with van der Waals surface area (Å²) in [5, 5.41) is 11.0. The molecule has 0 amide bonds. The van der Waals surface area contributed by atoms with Crippen molar-refractivity contribution in [1.82, 2.24) is 0 Å². The van der Waals surface area contributed by atoms with Crippen LogP contribution in [0.25, 0.3) is 0 Å². The summed E-state index contributed by atoms with van der Waals surface area (Å²) in [5.74, 6) is 0. The van der Waals surface area contributed by atoms with E-state index in [0.717, 1.165) is 18.5 Å². The number of anilines is 1. The van der Waals surface area contributed by atoms with E-state index < -0.39 is 0 Å². The van der Waals surface area contributed by atoms with Crippen molar-refractivity contribution in [2.24, 2.45) is 0 Å². The summed E-state index contributed by atoms with van der Waals surface area (Å²) in [6.07, 6.45) is 1.82. The lowest BCUT2D eigenvalue weighted by molar-refractivity contribution is 0.189. The lowest BCUT2D eigenvalue weighted by Gasteiger charge is -2.28. The fraction of sp³-hybridized carbons (Fsp3) is 0.538. The molecule has 82 valence electrons. The van der Waals surface area contributed by atoms with Crippen LogP contribution in [0.1, 0.15) is 38.3 Å². The van der Waals surface area contributed by atoms with Gasteiger partial charge in [-0.1, -0.05) is 32.9 Å². The molecular formula is C13H20NO+. The molecule has 0 spiro atoms. The lowest BCUT2D eigenvalue weighted by Crippen LogP contribution is -2.27. The van der Waals surface area contributed by atoms with Crippen molar-refractivity contribution in [3.63, 3.8) is 0 Å². The van der Waals surface area contributed by atoms with Gasteiger partial charge in [-0.05, 0) is 29.0 Å². The monoisotopic (exact) mass is 206 g/mol. The minimum atomic E-state index is -0.132. The quantitative estimate of drug-likeness (QED) is 0.650. The maximum atomic E-state index is 7.72. The first-order valence-corrected chi connectivity index (χ1v) is 5.58.